The van der Waals surface area contributed by atoms with Gasteiger partial charge in [-0.05, 0) is 48.9 Å². The molecule has 0 aliphatic carbocycles. The van der Waals surface area contributed by atoms with Gasteiger partial charge in [-0.15, -0.1) is 0 Å². The van der Waals surface area contributed by atoms with E-state index in [4.69, 9.17) is 4.42 Å². The second-order valence-electron chi connectivity index (χ2n) is 8.36. The Morgan fingerprint density at radius 2 is 1.51 bits per heavy atom. The van der Waals surface area contributed by atoms with Crippen molar-refractivity contribution in [3.63, 3.8) is 0 Å². The summed E-state index contributed by atoms with van der Waals surface area (Å²) in [6.07, 6.45) is 1.42. The Kier molecular flexibility index (Phi) is 8.17. The van der Waals surface area contributed by atoms with Gasteiger partial charge >= 0.3 is 0 Å². The second kappa shape index (κ2) is 11.7. The smallest absolute Gasteiger partial charge is 0.251 e. The zero-order valence-corrected chi connectivity index (χ0v) is 21.0. The maximum Gasteiger partial charge on any atom is 0.251 e. The third kappa shape index (κ3) is 6.52. The molecule has 0 aliphatic heterocycles. The number of benzene rings is 3. The molecule has 0 saturated carbocycles. The second-order valence-corrected chi connectivity index (χ2v) is 10.1. The summed E-state index contributed by atoms with van der Waals surface area (Å²) in [5.41, 5.74) is 2.21. The van der Waals surface area contributed by atoms with Gasteiger partial charge in [-0.3, -0.25) is 14.5 Å². The first-order valence-electron chi connectivity index (χ1n) is 11.6. The largest absolute Gasteiger partial charge is 0.467 e. The van der Waals surface area contributed by atoms with Crippen LogP contribution in [0.25, 0.3) is 0 Å². The van der Waals surface area contributed by atoms with Crippen LogP contribution in [-0.4, -0.2) is 26.8 Å². The Morgan fingerprint density at radius 1 is 0.865 bits per heavy atom. The van der Waals surface area contributed by atoms with Crippen LogP contribution in [0.1, 0.15) is 22.9 Å². The third-order valence-corrected chi connectivity index (χ3v) is 7.09. The predicted octanol–water partition coefficient (Wildman–Crippen LogP) is 3.96. The Morgan fingerprint density at radius 3 is 2.14 bits per heavy atom. The molecule has 0 radical (unpaired) electrons. The topological polar surface area (TPSA) is 109 Å². The van der Waals surface area contributed by atoms with Gasteiger partial charge < -0.3 is 9.73 Å². The number of sulfonamides is 1. The molecule has 8 nitrogen and oxygen atoms in total. The first-order chi connectivity index (χ1) is 17.8. The Bertz CT molecular complexity index is 1420. The number of nitrogens with zero attached hydrogens (tertiary/aromatic N) is 1. The van der Waals surface area contributed by atoms with Gasteiger partial charge in [-0.2, -0.15) is 0 Å². The highest BCUT2D eigenvalue weighted by molar-refractivity contribution is 7.89. The Hall–Kier alpha value is -4.21. The van der Waals surface area contributed by atoms with Crippen molar-refractivity contribution in [1.82, 2.24) is 10.0 Å². The zero-order valence-electron chi connectivity index (χ0n) is 20.2. The standard InChI is InChI=1S/C28H27N3O5S/c1-21-14-16-24(17-15-21)37(34,35)30-20-26(32)31(23-11-6-3-7-12-23)27(25-13-8-18-36-25)28(33)29-19-22-9-4-2-5-10-22/h2-18,27,30H,19-20H2,1H3,(H,29,33). The zero-order chi connectivity index (χ0) is 26.3. The maximum absolute atomic E-state index is 13.6. The lowest BCUT2D eigenvalue weighted by molar-refractivity contribution is -0.126. The fourth-order valence-electron chi connectivity index (χ4n) is 3.77. The number of aryl methyl sites for hydroxylation is 1. The van der Waals surface area contributed by atoms with Gasteiger partial charge in [0.25, 0.3) is 5.91 Å². The molecule has 3 aromatic carbocycles. The fourth-order valence-corrected chi connectivity index (χ4v) is 4.75. The van der Waals surface area contributed by atoms with E-state index in [-0.39, 0.29) is 17.2 Å². The van der Waals surface area contributed by atoms with Crippen molar-refractivity contribution in [2.75, 3.05) is 11.4 Å². The predicted molar refractivity (Wildman–Crippen MR) is 140 cm³/mol. The summed E-state index contributed by atoms with van der Waals surface area (Å²) >= 11 is 0. The molecule has 2 amide bonds. The lowest BCUT2D eigenvalue weighted by Crippen LogP contribution is -2.47. The number of anilines is 1. The number of rotatable bonds is 10. The third-order valence-electron chi connectivity index (χ3n) is 5.68. The minimum absolute atomic E-state index is 0.0420. The molecule has 0 spiro atoms. The van der Waals surface area contributed by atoms with Crippen LogP contribution in [0.3, 0.4) is 0 Å². The lowest BCUT2D eigenvalue weighted by Gasteiger charge is -2.30. The Balaban J connectivity index is 1.62. The van der Waals surface area contributed by atoms with Crippen LogP contribution < -0.4 is 14.9 Å². The first kappa shape index (κ1) is 25.9. The van der Waals surface area contributed by atoms with Crippen molar-refractivity contribution in [2.24, 2.45) is 0 Å². The average molecular weight is 518 g/mol. The Labute approximate surface area is 216 Å². The number of para-hydroxylation sites is 1. The summed E-state index contributed by atoms with van der Waals surface area (Å²) in [5, 5.41) is 2.86. The molecule has 1 unspecified atom stereocenters. The van der Waals surface area contributed by atoms with Crippen molar-refractivity contribution in [3.05, 3.63) is 120 Å². The van der Waals surface area contributed by atoms with E-state index >= 15 is 0 Å². The molecule has 0 saturated heterocycles. The van der Waals surface area contributed by atoms with E-state index in [0.29, 0.717) is 5.69 Å². The lowest BCUT2D eigenvalue weighted by atomic mass is 10.1. The molecular weight excluding hydrogens is 490 g/mol. The van der Waals surface area contributed by atoms with Gasteiger partial charge in [-0.25, -0.2) is 13.1 Å². The molecule has 4 rings (SSSR count). The normalized spacial score (nSPS) is 12.0. The molecular formula is C28H27N3O5S. The van der Waals surface area contributed by atoms with Crippen LogP contribution in [0.4, 0.5) is 5.69 Å². The van der Waals surface area contributed by atoms with Crippen molar-refractivity contribution in [1.29, 1.82) is 0 Å². The summed E-state index contributed by atoms with van der Waals surface area (Å²) < 4.78 is 33.6. The van der Waals surface area contributed by atoms with Gasteiger partial charge in [0.05, 0.1) is 17.7 Å². The number of nitrogens with one attached hydrogen (secondary N) is 2. The molecule has 0 aliphatic rings. The van der Waals surface area contributed by atoms with Gasteiger partial charge in [-0.1, -0.05) is 66.2 Å². The highest BCUT2D eigenvalue weighted by Crippen LogP contribution is 2.28. The number of carbonyl (C=O) groups is 2. The minimum Gasteiger partial charge on any atom is -0.467 e. The molecule has 0 bridgehead atoms. The summed E-state index contributed by atoms with van der Waals surface area (Å²) in [6, 6.07) is 26.3. The van der Waals surface area contributed by atoms with Gasteiger partial charge in [0.1, 0.15) is 5.76 Å². The molecule has 1 heterocycles. The van der Waals surface area contributed by atoms with E-state index in [0.717, 1.165) is 11.1 Å². The van der Waals surface area contributed by atoms with E-state index in [1.54, 1.807) is 54.6 Å². The minimum atomic E-state index is -3.96. The molecule has 2 N–H and O–H groups in total. The molecule has 190 valence electrons. The number of hydrogen-bond acceptors (Lipinski definition) is 5. The summed E-state index contributed by atoms with van der Waals surface area (Å²) in [7, 11) is -3.96. The average Bonchev–Trinajstić information content (AvgIpc) is 3.45. The molecule has 1 atom stereocenters. The van der Waals surface area contributed by atoms with Crippen molar-refractivity contribution in [2.45, 2.75) is 24.4 Å². The van der Waals surface area contributed by atoms with Crippen molar-refractivity contribution < 1.29 is 22.4 Å². The molecule has 9 heteroatoms. The first-order valence-corrected chi connectivity index (χ1v) is 13.1. The highest BCUT2D eigenvalue weighted by atomic mass is 32.2. The van der Waals surface area contributed by atoms with Crippen LogP contribution in [0.15, 0.2) is 113 Å². The number of hydrogen-bond donors (Lipinski definition) is 2. The fraction of sp³-hybridized carbons (Fsp3) is 0.143. The van der Waals surface area contributed by atoms with Crippen molar-refractivity contribution >= 4 is 27.5 Å². The van der Waals surface area contributed by atoms with E-state index in [9.17, 15) is 18.0 Å². The van der Waals surface area contributed by atoms with Gasteiger partial charge in [0.2, 0.25) is 15.9 Å². The molecule has 0 fully saturated rings. The summed E-state index contributed by atoms with van der Waals surface area (Å²) in [6.45, 7) is 1.53. The summed E-state index contributed by atoms with van der Waals surface area (Å²) in [5.74, 6) is -0.861. The number of amides is 2. The van der Waals surface area contributed by atoms with Gasteiger partial charge in [0.15, 0.2) is 6.04 Å². The van der Waals surface area contributed by atoms with E-state index in [2.05, 4.69) is 10.0 Å². The van der Waals surface area contributed by atoms with E-state index in [1.165, 1.54) is 23.3 Å². The maximum atomic E-state index is 13.6. The van der Waals surface area contributed by atoms with Crippen LogP contribution >= 0.6 is 0 Å². The van der Waals surface area contributed by atoms with Gasteiger partial charge in [0, 0.05) is 12.2 Å². The molecule has 37 heavy (non-hydrogen) atoms. The van der Waals surface area contributed by atoms with E-state index < -0.39 is 34.4 Å². The monoisotopic (exact) mass is 517 g/mol. The van der Waals surface area contributed by atoms with Crippen molar-refractivity contribution in [3.8, 4) is 0 Å². The van der Waals surface area contributed by atoms with Crippen LogP contribution in [-0.2, 0) is 26.2 Å². The molecule has 1 aromatic heterocycles. The molecule has 4 aromatic rings. The number of furan rings is 1. The van der Waals surface area contributed by atoms with Crippen LogP contribution in [0.2, 0.25) is 0 Å². The quantitative estimate of drug-likeness (QED) is 0.331. The van der Waals surface area contributed by atoms with E-state index in [1.807, 2.05) is 37.3 Å². The number of carbonyl (C=O) groups excluding carboxylic acids is 2. The van der Waals surface area contributed by atoms with Crippen LogP contribution in [0, 0.1) is 6.92 Å². The SMILES string of the molecule is Cc1ccc(S(=O)(=O)NCC(=O)N(c2ccccc2)C(C(=O)NCc2ccccc2)c2ccco2)cc1. The van der Waals surface area contributed by atoms with Crippen LogP contribution in [0.5, 0.6) is 0 Å². The highest BCUT2D eigenvalue weighted by Gasteiger charge is 2.35. The summed E-state index contributed by atoms with van der Waals surface area (Å²) in [4.78, 5) is 28.3.